The van der Waals surface area contributed by atoms with Gasteiger partial charge in [-0.05, 0) is 31.2 Å². The molecule has 0 aliphatic heterocycles. The number of ether oxygens (including phenoxy) is 1. The summed E-state index contributed by atoms with van der Waals surface area (Å²) in [6.45, 7) is 2.82. The number of nitrogens with zero attached hydrogens (tertiary/aromatic N) is 4. The minimum Gasteiger partial charge on any atom is -0.495 e. The van der Waals surface area contributed by atoms with Gasteiger partial charge in [-0.1, -0.05) is 30.3 Å². The number of nitrogens with one attached hydrogen (secondary N) is 1. The maximum absolute atomic E-state index is 12.9. The Balaban J connectivity index is 1.46. The van der Waals surface area contributed by atoms with Gasteiger partial charge in [0.15, 0.2) is 5.82 Å². The maximum atomic E-state index is 12.9. The molecule has 3 heterocycles. The topological polar surface area (TPSA) is 86.6 Å². The molecule has 0 radical (unpaired) electrons. The first kappa shape index (κ1) is 19.4. The second-order valence-electron chi connectivity index (χ2n) is 7.82. The van der Waals surface area contributed by atoms with Crippen molar-refractivity contribution in [2.24, 2.45) is 0 Å². The Morgan fingerprint density at radius 1 is 0.970 bits per heavy atom. The van der Waals surface area contributed by atoms with Crippen LogP contribution in [-0.2, 0) is 13.1 Å². The van der Waals surface area contributed by atoms with E-state index in [0.717, 1.165) is 33.1 Å². The van der Waals surface area contributed by atoms with Crippen LogP contribution in [-0.4, -0.2) is 26.3 Å². The van der Waals surface area contributed by atoms with E-state index in [1.807, 2.05) is 72.0 Å². The van der Waals surface area contributed by atoms with Crippen LogP contribution in [0.2, 0.25) is 0 Å². The number of methoxy groups -OCH3 is 1. The summed E-state index contributed by atoms with van der Waals surface area (Å²) >= 11 is 0. The zero-order chi connectivity index (χ0) is 22.5. The van der Waals surface area contributed by atoms with Crippen molar-refractivity contribution < 1.29 is 9.15 Å². The van der Waals surface area contributed by atoms with E-state index in [9.17, 15) is 4.79 Å². The zero-order valence-corrected chi connectivity index (χ0v) is 18.2. The van der Waals surface area contributed by atoms with Crippen molar-refractivity contribution >= 4 is 44.3 Å². The lowest BCUT2D eigenvalue weighted by Crippen LogP contribution is -2.23. The maximum Gasteiger partial charge on any atom is 0.262 e. The molecule has 6 aromatic rings. The molecule has 8 heteroatoms. The highest BCUT2D eigenvalue weighted by Gasteiger charge is 2.17. The van der Waals surface area contributed by atoms with E-state index in [2.05, 4.69) is 15.5 Å². The third-order valence-corrected chi connectivity index (χ3v) is 6.03. The lowest BCUT2D eigenvalue weighted by molar-refractivity contribution is 0.417. The molecule has 3 aromatic carbocycles. The average Bonchev–Trinajstić information content (AvgIpc) is 3.43. The van der Waals surface area contributed by atoms with Gasteiger partial charge in [0, 0.05) is 23.4 Å². The smallest absolute Gasteiger partial charge is 0.262 e. The molecule has 0 fully saturated rings. The van der Waals surface area contributed by atoms with Gasteiger partial charge in [-0.25, -0.2) is 0 Å². The van der Waals surface area contributed by atoms with Gasteiger partial charge >= 0.3 is 0 Å². The SMILES string of the molecule is CCn1c(=O)c2ccccc2n2c(CNc3cc4oc5ccccc5c4cc3OC)nnc12. The normalized spacial score (nSPS) is 11.7. The fourth-order valence-corrected chi connectivity index (χ4v) is 4.45. The predicted molar refractivity (Wildman–Crippen MR) is 128 cm³/mol. The molecule has 0 bridgehead atoms. The molecule has 0 spiro atoms. The highest BCUT2D eigenvalue weighted by atomic mass is 16.5. The van der Waals surface area contributed by atoms with Gasteiger partial charge in [0.2, 0.25) is 5.78 Å². The van der Waals surface area contributed by atoms with E-state index in [0.29, 0.717) is 35.8 Å². The van der Waals surface area contributed by atoms with E-state index < -0.39 is 0 Å². The van der Waals surface area contributed by atoms with Crippen LogP contribution in [0.15, 0.2) is 69.9 Å². The minimum atomic E-state index is -0.0653. The Hall–Kier alpha value is -4.33. The van der Waals surface area contributed by atoms with Gasteiger partial charge in [-0.15, -0.1) is 10.2 Å². The molecular weight excluding hydrogens is 418 g/mol. The summed E-state index contributed by atoms with van der Waals surface area (Å²) in [5.41, 5.74) is 3.11. The van der Waals surface area contributed by atoms with Crippen LogP contribution in [0.4, 0.5) is 5.69 Å². The highest BCUT2D eigenvalue weighted by Crippen LogP contribution is 2.36. The average molecular weight is 439 g/mol. The van der Waals surface area contributed by atoms with Crippen LogP contribution in [0, 0.1) is 0 Å². The molecule has 0 atom stereocenters. The number of hydrogen-bond donors (Lipinski definition) is 1. The van der Waals surface area contributed by atoms with Crippen LogP contribution in [0.1, 0.15) is 12.7 Å². The van der Waals surface area contributed by atoms with Gasteiger partial charge in [0.1, 0.15) is 16.9 Å². The number of aromatic nitrogens is 4. The number of furan rings is 1. The number of para-hydroxylation sites is 2. The molecule has 1 N–H and O–H groups in total. The Morgan fingerprint density at radius 3 is 2.58 bits per heavy atom. The van der Waals surface area contributed by atoms with Crippen LogP contribution < -0.4 is 15.6 Å². The first-order valence-corrected chi connectivity index (χ1v) is 10.8. The second-order valence-corrected chi connectivity index (χ2v) is 7.82. The lowest BCUT2D eigenvalue weighted by Gasteiger charge is -2.12. The van der Waals surface area contributed by atoms with Crippen molar-refractivity contribution in [2.75, 3.05) is 12.4 Å². The predicted octanol–water partition coefficient (Wildman–Crippen LogP) is 4.58. The van der Waals surface area contributed by atoms with E-state index in [1.54, 1.807) is 11.7 Å². The molecule has 6 rings (SSSR count). The minimum absolute atomic E-state index is 0.0653. The van der Waals surface area contributed by atoms with E-state index in [-0.39, 0.29) is 5.56 Å². The number of anilines is 1. The van der Waals surface area contributed by atoms with Crippen molar-refractivity contribution in [3.63, 3.8) is 0 Å². The molecule has 0 aliphatic rings. The summed E-state index contributed by atoms with van der Waals surface area (Å²) in [5.74, 6) is 1.92. The molecule has 0 amide bonds. The molecule has 33 heavy (non-hydrogen) atoms. The number of hydrogen-bond acceptors (Lipinski definition) is 6. The van der Waals surface area contributed by atoms with Gasteiger partial charge < -0.3 is 14.5 Å². The zero-order valence-electron chi connectivity index (χ0n) is 18.2. The Morgan fingerprint density at radius 2 is 1.76 bits per heavy atom. The Labute approximate surface area is 188 Å². The number of fused-ring (bicyclic) bond motifs is 6. The summed E-state index contributed by atoms with van der Waals surface area (Å²) in [6, 6.07) is 19.4. The van der Waals surface area contributed by atoms with Crippen molar-refractivity contribution in [3.8, 4) is 5.75 Å². The first-order chi connectivity index (χ1) is 16.2. The number of rotatable bonds is 5. The number of aryl methyl sites for hydroxylation is 1. The molecule has 0 saturated carbocycles. The van der Waals surface area contributed by atoms with Gasteiger partial charge in [0.05, 0.1) is 30.2 Å². The Kier molecular flexibility index (Phi) is 4.33. The van der Waals surface area contributed by atoms with Gasteiger partial charge in [-0.3, -0.25) is 13.8 Å². The first-order valence-electron chi connectivity index (χ1n) is 10.8. The van der Waals surface area contributed by atoms with E-state index in [4.69, 9.17) is 9.15 Å². The monoisotopic (exact) mass is 439 g/mol. The van der Waals surface area contributed by atoms with Crippen LogP contribution in [0.25, 0.3) is 38.6 Å². The quantitative estimate of drug-likeness (QED) is 0.423. The standard InChI is InChI=1S/C25H21N5O3/c1-3-29-24(31)16-9-4-6-10-19(16)30-23(27-28-25(29)30)14-26-18-13-21-17(12-22(18)32-2)15-8-5-7-11-20(15)33-21/h4-13,26H,3,14H2,1-2H3. The summed E-state index contributed by atoms with van der Waals surface area (Å²) in [6.07, 6.45) is 0. The molecule has 0 aliphatic carbocycles. The molecule has 3 aromatic heterocycles. The Bertz CT molecular complexity index is 1730. The fraction of sp³-hybridized carbons (Fsp3) is 0.160. The van der Waals surface area contributed by atoms with Crippen molar-refractivity contribution in [1.82, 2.24) is 19.2 Å². The van der Waals surface area contributed by atoms with Gasteiger partial charge in [0.25, 0.3) is 5.56 Å². The highest BCUT2D eigenvalue weighted by molar-refractivity contribution is 6.06. The van der Waals surface area contributed by atoms with Gasteiger partial charge in [-0.2, -0.15) is 0 Å². The largest absolute Gasteiger partial charge is 0.495 e. The molecule has 8 nitrogen and oxygen atoms in total. The van der Waals surface area contributed by atoms with Crippen molar-refractivity contribution in [3.05, 3.63) is 76.8 Å². The second kappa shape index (κ2) is 7.37. The molecule has 164 valence electrons. The van der Waals surface area contributed by atoms with Crippen LogP contribution >= 0.6 is 0 Å². The summed E-state index contributed by atoms with van der Waals surface area (Å²) in [4.78, 5) is 12.9. The van der Waals surface area contributed by atoms with Crippen LogP contribution in [0.5, 0.6) is 5.75 Å². The molecule has 0 saturated heterocycles. The molecule has 0 unspecified atom stereocenters. The lowest BCUT2D eigenvalue weighted by atomic mass is 10.1. The molecular formula is C25H21N5O3. The third-order valence-electron chi connectivity index (χ3n) is 6.03. The number of benzene rings is 3. The van der Waals surface area contributed by atoms with E-state index in [1.165, 1.54) is 0 Å². The fourth-order valence-electron chi connectivity index (χ4n) is 4.45. The van der Waals surface area contributed by atoms with Crippen molar-refractivity contribution in [1.29, 1.82) is 0 Å². The summed E-state index contributed by atoms with van der Waals surface area (Å²) in [7, 11) is 1.65. The van der Waals surface area contributed by atoms with Crippen molar-refractivity contribution in [2.45, 2.75) is 20.0 Å². The van der Waals surface area contributed by atoms with E-state index >= 15 is 0 Å². The van der Waals surface area contributed by atoms with Crippen LogP contribution in [0.3, 0.4) is 0 Å². The summed E-state index contributed by atoms with van der Waals surface area (Å²) in [5, 5.41) is 14.8. The third kappa shape index (κ3) is 2.87. The summed E-state index contributed by atoms with van der Waals surface area (Å²) < 4.78 is 15.3.